The zero-order chi connectivity index (χ0) is 21.9. The molecule has 1 aromatic carbocycles. The van der Waals surface area contributed by atoms with Gasteiger partial charge in [0.05, 0.1) is 6.20 Å². The molecule has 0 saturated heterocycles. The molecule has 1 aliphatic rings. The van der Waals surface area contributed by atoms with Crippen LogP contribution in [0.1, 0.15) is 23.0 Å². The number of amidine groups is 1. The van der Waals surface area contributed by atoms with Crippen LogP contribution in [0.2, 0.25) is 0 Å². The highest BCUT2D eigenvalue weighted by atomic mass is 19.3. The Morgan fingerprint density at radius 1 is 1.33 bits per heavy atom. The second-order valence-electron chi connectivity index (χ2n) is 6.65. The van der Waals surface area contributed by atoms with E-state index in [0.29, 0.717) is 0 Å². The number of carbonyl (C=O) groups is 1. The maximum atomic E-state index is 14.7. The maximum Gasteiger partial charge on any atom is 0.299 e. The van der Waals surface area contributed by atoms with Gasteiger partial charge in [-0.3, -0.25) is 9.79 Å². The number of aromatic nitrogens is 1. The fourth-order valence-electron chi connectivity index (χ4n) is 2.92. The number of benzene rings is 1. The number of halogens is 4. The van der Waals surface area contributed by atoms with E-state index in [1.165, 1.54) is 18.2 Å². The minimum Gasteiger partial charge on any atom is -0.461 e. The highest BCUT2D eigenvalue weighted by molar-refractivity contribution is 6.02. The maximum absolute atomic E-state index is 14.7. The van der Waals surface area contributed by atoms with Crippen LogP contribution in [0.15, 0.2) is 41.5 Å². The van der Waals surface area contributed by atoms with Crippen molar-refractivity contribution in [1.82, 2.24) is 4.98 Å². The number of ether oxygens (including phenoxy) is 2. The van der Waals surface area contributed by atoms with E-state index in [-0.39, 0.29) is 29.6 Å². The normalized spacial score (nSPS) is 20.8. The van der Waals surface area contributed by atoms with Crippen LogP contribution in [0.5, 0.6) is 5.75 Å². The Bertz CT molecular complexity index is 969. The number of rotatable bonds is 5. The van der Waals surface area contributed by atoms with E-state index in [4.69, 9.17) is 10.5 Å². The van der Waals surface area contributed by atoms with Crippen molar-refractivity contribution in [3.8, 4) is 5.75 Å². The van der Waals surface area contributed by atoms with E-state index in [1.807, 2.05) is 0 Å². The Labute approximate surface area is 168 Å². The van der Waals surface area contributed by atoms with Crippen molar-refractivity contribution < 1.29 is 31.8 Å². The Balaban J connectivity index is 1.91. The third-order valence-electron chi connectivity index (χ3n) is 4.55. The van der Waals surface area contributed by atoms with E-state index in [1.54, 1.807) is 0 Å². The van der Waals surface area contributed by atoms with Crippen molar-refractivity contribution in [2.75, 3.05) is 25.4 Å². The quantitative estimate of drug-likeness (QED) is 0.717. The highest BCUT2D eigenvalue weighted by Gasteiger charge is 2.54. The molecule has 0 fully saturated rings. The van der Waals surface area contributed by atoms with Gasteiger partial charge in [-0.1, -0.05) is 0 Å². The first-order valence-corrected chi connectivity index (χ1v) is 8.72. The summed E-state index contributed by atoms with van der Waals surface area (Å²) in [5, 5.41) is 2.45. The molecule has 1 atom stereocenters. The highest BCUT2D eigenvalue weighted by Crippen LogP contribution is 2.44. The van der Waals surface area contributed by atoms with Crippen molar-refractivity contribution in [2.45, 2.75) is 18.4 Å². The Kier molecular flexibility index (Phi) is 5.92. The van der Waals surface area contributed by atoms with Gasteiger partial charge in [-0.15, -0.1) is 0 Å². The SMILES string of the molecule is C[C@]1(c2cc(NC(=O)c3ccc(OCF)cn3)ccc2F)N=C(N)COCC1(F)F. The van der Waals surface area contributed by atoms with Gasteiger partial charge in [-0.25, -0.2) is 22.5 Å². The molecule has 1 amide bonds. The Hall–Kier alpha value is -3.21. The standard InChI is InChI=1S/C19H18F4N4O3/c1-18(19(22,23)9-29-8-16(24)27-18)13-6-11(2-4-14(13)21)26-17(28)15-5-3-12(7-25-15)30-10-20/h2-7H,8-10H2,1H3,(H2,24,27)(H,26,28)/t18-/m1/s1. The number of carbonyl (C=O) groups excluding carboxylic acids is 1. The predicted molar refractivity (Wildman–Crippen MR) is 99.9 cm³/mol. The minimum absolute atomic E-state index is 0.0400. The molecule has 3 N–H and O–H groups in total. The van der Waals surface area contributed by atoms with Gasteiger partial charge in [0.15, 0.2) is 5.54 Å². The molecule has 1 aromatic heterocycles. The van der Waals surface area contributed by atoms with Crippen LogP contribution in [-0.4, -0.2) is 42.7 Å². The summed E-state index contributed by atoms with van der Waals surface area (Å²) in [4.78, 5) is 20.0. The molecular formula is C19H18F4N4O3. The topological polar surface area (TPSA) is 98.8 Å². The van der Waals surface area contributed by atoms with Gasteiger partial charge in [0.25, 0.3) is 11.8 Å². The molecule has 7 nitrogen and oxygen atoms in total. The average Bonchev–Trinajstić information content (AvgIpc) is 2.79. The molecule has 2 aromatic rings. The lowest BCUT2D eigenvalue weighted by atomic mass is 9.85. The third-order valence-corrected chi connectivity index (χ3v) is 4.55. The Morgan fingerprint density at radius 2 is 2.10 bits per heavy atom. The summed E-state index contributed by atoms with van der Waals surface area (Å²) >= 11 is 0. The molecule has 0 saturated carbocycles. The molecule has 30 heavy (non-hydrogen) atoms. The van der Waals surface area contributed by atoms with E-state index in [0.717, 1.165) is 25.3 Å². The molecule has 0 aliphatic carbocycles. The van der Waals surface area contributed by atoms with Crippen LogP contribution in [0.4, 0.5) is 23.2 Å². The lowest BCUT2D eigenvalue weighted by molar-refractivity contribution is -0.116. The summed E-state index contributed by atoms with van der Waals surface area (Å²) in [6.07, 6.45) is 1.15. The molecule has 160 valence electrons. The summed E-state index contributed by atoms with van der Waals surface area (Å²) in [6.45, 7) is -1.31. The van der Waals surface area contributed by atoms with Gasteiger partial charge in [0.1, 0.15) is 36.3 Å². The number of alkyl halides is 3. The summed E-state index contributed by atoms with van der Waals surface area (Å²) in [5.74, 6) is -5.28. The van der Waals surface area contributed by atoms with Crippen LogP contribution in [-0.2, 0) is 10.3 Å². The molecule has 0 bridgehead atoms. The number of hydrogen-bond donors (Lipinski definition) is 2. The number of amides is 1. The fraction of sp³-hybridized carbons (Fsp3) is 0.316. The largest absolute Gasteiger partial charge is 0.461 e. The zero-order valence-electron chi connectivity index (χ0n) is 15.8. The second-order valence-corrected chi connectivity index (χ2v) is 6.65. The molecule has 0 unspecified atom stereocenters. The van der Waals surface area contributed by atoms with Crippen molar-refractivity contribution in [3.63, 3.8) is 0 Å². The van der Waals surface area contributed by atoms with Crippen LogP contribution < -0.4 is 15.8 Å². The number of nitrogens with zero attached hydrogens (tertiary/aromatic N) is 2. The predicted octanol–water partition coefficient (Wildman–Crippen LogP) is 3.02. The van der Waals surface area contributed by atoms with Crippen molar-refractivity contribution in [3.05, 3.63) is 53.6 Å². The van der Waals surface area contributed by atoms with E-state index < -0.39 is 42.2 Å². The van der Waals surface area contributed by atoms with Gasteiger partial charge >= 0.3 is 0 Å². The number of hydrogen-bond acceptors (Lipinski definition) is 6. The molecule has 3 rings (SSSR count). The lowest BCUT2D eigenvalue weighted by Crippen LogP contribution is -2.45. The monoisotopic (exact) mass is 426 g/mol. The van der Waals surface area contributed by atoms with Crippen LogP contribution in [0.3, 0.4) is 0 Å². The van der Waals surface area contributed by atoms with Gasteiger partial charge in [0, 0.05) is 11.3 Å². The Morgan fingerprint density at radius 3 is 2.77 bits per heavy atom. The second kappa shape index (κ2) is 8.27. The first-order valence-electron chi connectivity index (χ1n) is 8.72. The number of pyridine rings is 1. The zero-order valence-corrected chi connectivity index (χ0v) is 15.8. The summed E-state index contributed by atoms with van der Waals surface area (Å²) in [5.41, 5.74) is 2.79. The number of aliphatic imine (C=N–C) groups is 1. The van der Waals surface area contributed by atoms with Crippen molar-refractivity contribution in [2.24, 2.45) is 10.7 Å². The molecule has 2 heterocycles. The minimum atomic E-state index is -3.56. The molecule has 0 radical (unpaired) electrons. The summed E-state index contributed by atoms with van der Waals surface area (Å²) in [6, 6.07) is 5.83. The molecule has 0 spiro atoms. The molecule has 1 aliphatic heterocycles. The van der Waals surface area contributed by atoms with Crippen LogP contribution in [0.25, 0.3) is 0 Å². The van der Waals surface area contributed by atoms with Gasteiger partial charge in [-0.05, 0) is 37.3 Å². The first kappa shape index (κ1) is 21.5. The van der Waals surface area contributed by atoms with E-state index in [9.17, 15) is 22.4 Å². The van der Waals surface area contributed by atoms with Crippen LogP contribution in [0, 0.1) is 5.82 Å². The molecular weight excluding hydrogens is 408 g/mol. The van der Waals surface area contributed by atoms with E-state index in [2.05, 4.69) is 20.0 Å². The number of anilines is 1. The van der Waals surface area contributed by atoms with Crippen molar-refractivity contribution in [1.29, 1.82) is 0 Å². The van der Waals surface area contributed by atoms with Crippen molar-refractivity contribution >= 4 is 17.4 Å². The van der Waals surface area contributed by atoms with Gasteiger partial charge in [-0.2, -0.15) is 0 Å². The lowest BCUT2D eigenvalue weighted by Gasteiger charge is -2.33. The van der Waals surface area contributed by atoms with Gasteiger partial charge < -0.3 is 20.5 Å². The number of nitrogens with two attached hydrogens (primary N) is 1. The average molecular weight is 426 g/mol. The summed E-state index contributed by atoms with van der Waals surface area (Å²) < 4.78 is 65.5. The van der Waals surface area contributed by atoms with Gasteiger partial charge in [0.2, 0.25) is 6.86 Å². The molecule has 11 heteroatoms. The first-order chi connectivity index (χ1) is 14.2. The number of nitrogens with one attached hydrogen (secondary N) is 1. The third kappa shape index (κ3) is 4.20. The summed E-state index contributed by atoms with van der Waals surface area (Å²) in [7, 11) is 0. The van der Waals surface area contributed by atoms with E-state index >= 15 is 0 Å². The smallest absolute Gasteiger partial charge is 0.299 e. The fourth-order valence-corrected chi connectivity index (χ4v) is 2.92. The van der Waals surface area contributed by atoms with Crippen LogP contribution >= 0.6 is 0 Å².